The van der Waals surface area contributed by atoms with Crippen LogP contribution in [-0.2, 0) is 4.79 Å². The Kier molecular flexibility index (Phi) is 6.64. The lowest BCUT2D eigenvalue weighted by Gasteiger charge is -2.28. The van der Waals surface area contributed by atoms with E-state index in [4.69, 9.17) is 11.6 Å². The zero-order chi connectivity index (χ0) is 21.1. The van der Waals surface area contributed by atoms with Crippen LogP contribution in [0.1, 0.15) is 46.4 Å². The lowest BCUT2D eigenvalue weighted by Crippen LogP contribution is -2.31. The number of hydrogen-bond donors (Lipinski definition) is 1. The van der Waals surface area contributed by atoms with Gasteiger partial charge in [-0.3, -0.25) is 4.79 Å². The highest BCUT2D eigenvalue weighted by Crippen LogP contribution is 2.36. The van der Waals surface area contributed by atoms with Crippen molar-refractivity contribution in [3.63, 3.8) is 0 Å². The van der Waals surface area contributed by atoms with Crippen molar-refractivity contribution in [1.29, 1.82) is 0 Å². The molecule has 1 amide bonds. The number of anilines is 2. The maximum absolute atomic E-state index is 12.8. The van der Waals surface area contributed by atoms with Crippen molar-refractivity contribution in [3.05, 3.63) is 59.1 Å². The molecule has 1 N–H and O–H groups in total. The standard InChI is InChI=1S/C25H32ClN3O.2H2/c1-28(2)24-15-16-29(17-24)23-13-11-22(12-14-23)27-25(30)20-5-3-18(4-6-20)19-7-9-21(26)10-8-19;;/h7-14,18,20,24H,3-6,15-17H2,1-2H3,(H,27,30);2*1H. The molecule has 4 nitrogen and oxygen atoms in total. The van der Waals surface area contributed by atoms with Gasteiger partial charge in [0.1, 0.15) is 0 Å². The molecular formula is C25H36ClN3O. The molecule has 164 valence electrons. The third-order valence-electron chi connectivity index (χ3n) is 6.83. The number of likely N-dealkylation sites (N-methyl/N-ethyl adjacent to an activating group) is 1. The van der Waals surface area contributed by atoms with Gasteiger partial charge in [-0.25, -0.2) is 0 Å². The van der Waals surface area contributed by atoms with E-state index in [0.717, 1.165) is 49.5 Å². The van der Waals surface area contributed by atoms with Crippen LogP contribution in [0.5, 0.6) is 0 Å². The third-order valence-corrected chi connectivity index (χ3v) is 7.09. The first-order valence-electron chi connectivity index (χ1n) is 11.1. The first-order chi connectivity index (χ1) is 14.5. The van der Waals surface area contributed by atoms with Gasteiger partial charge in [-0.05, 0) is 94.1 Å². The van der Waals surface area contributed by atoms with Gasteiger partial charge in [-0.15, -0.1) is 0 Å². The molecule has 2 aromatic rings. The van der Waals surface area contributed by atoms with E-state index in [1.54, 1.807) is 0 Å². The molecule has 1 unspecified atom stereocenters. The van der Waals surface area contributed by atoms with Crippen LogP contribution in [0.4, 0.5) is 11.4 Å². The minimum atomic E-state index is 0. The summed E-state index contributed by atoms with van der Waals surface area (Å²) in [7, 11) is 4.30. The second kappa shape index (κ2) is 9.40. The van der Waals surface area contributed by atoms with E-state index >= 15 is 0 Å². The summed E-state index contributed by atoms with van der Waals surface area (Å²) in [5.41, 5.74) is 3.47. The number of rotatable bonds is 5. The van der Waals surface area contributed by atoms with Crippen molar-refractivity contribution >= 4 is 28.9 Å². The van der Waals surface area contributed by atoms with Gasteiger partial charge in [0, 0.05) is 44.3 Å². The molecule has 1 heterocycles. The van der Waals surface area contributed by atoms with Crippen LogP contribution in [0.25, 0.3) is 0 Å². The first-order valence-corrected chi connectivity index (χ1v) is 11.4. The van der Waals surface area contributed by atoms with E-state index in [1.165, 1.54) is 17.7 Å². The van der Waals surface area contributed by atoms with E-state index in [1.807, 2.05) is 24.3 Å². The van der Waals surface area contributed by atoms with Crippen LogP contribution in [0.2, 0.25) is 5.02 Å². The Hall–Kier alpha value is -2.04. The Balaban J connectivity index is 0.00000181. The Morgan fingerprint density at radius 2 is 1.67 bits per heavy atom. The second-order valence-electron chi connectivity index (χ2n) is 8.99. The van der Waals surface area contributed by atoms with E-state index in [-0.39, 0.29) is 14.7 Å². The Bertz CT molecular complexity index is 852. The summed E-state index contributed by atoms with van der Waals surface area (Å²) in [6.45, 7) is 2.15. The van der Waals surface area contributed by atoms with Crippen molar-refractivity contribution in [2.75, 3.05) is 37.4 Å². The van der Waals surface area contributed by atoms with E-state index in [9.17, 15) is 4.79 Å². The van der Waals surface area contributed by atoms with Gasteiger partial charge in [-0.2, -0.15) is 0 Å². The maximum atomic E-state index is 12.8. The highest BCUT2D eigenvalue weighted by molar-refractivity contribution is 6.30. The van der Waals surface area contributed by atoms with Gasteiger partial charge >= 0.3 is 0 Å². The van der Waals surface area contributed by atoms with Crippen molar-refractivity contribution in [2.45, 2.75) is 44.1 Å². The number of benzene rings is 2. The molecule has 4 rings (SSSR count). The van der Waals surface area contributed by atoms with Crippen LogP contribution in [0, 0.1) is 5.92 Å². The van der Waals surface area contributed by atoms with Crippen LogP contribution in [0.3, 0.4) is 0 Å². The molecule has 0 spiro atoms. The van der Waals surface area contributed by atoms with E-state index in [2.05, 4.69) is 53.5 Å². The molecule has 30 heavy (non-hydrogen) atoms. The fourth-order valence-electron chi connectivity index (χ4n) is 4.82. The molecule has 0 radical (unpaired) electrons. The van der Waals surface area contributed by atoms with Crippen LogP contribution in [-0.4, -0.2) is 44.0 Å². The summed E-state index contributed by atoms with van der Waals surface area (Å²) in [5.74, 6) is 0.802. The van der Waals surface area contributed by atoms with Crippen molar-refractivity contribution < 1.29 is 7.65 Å². The molecule has 5 heteroatoms. The third kappa shape index (κ3) is 4.98. The Morgan fingerprint density at radius 1 is 1.00 bits per heavy atom. The number of amides is 1. The molecular weight excluding hydrogens is 394 g/mol. The van der Waals surface area contributed by atoms with Gasteiger partial charge < -0.3 is 15.1 Å². The van der Waals surface area contributed by atoms with Crippen molar-refractivity contribution in [1.82, 2.24) is 4.90 Å². The van der Waals surface area contributed by atoms with Gasteiger partial charge in [0.2, 0.25) is 5.91 Å². The van der Waals surface area contributed by atoms with E-state index < -0.39 is 0 Å². The minimum Gasteiger partial charge on any atom is -0.370 e. The van der Waals surface area contributed by atoms with Gasteiger partial charge in [0.15, 0.2) is 0 Å². The highest BCUT2D eigenvalue weighted by Gasteiger charge is 2.27. The summed E-state index contributed by atoms with van der Waals surface area (Å²) < 4.78 is 0. The van der Waals surface area contributed by atoms with Crippen molar-refractivity contribution in [3.8, 4) is 0 Å². The molecule has 2 fully saturated rings. The quantitative estimate of drug-likeness (QED) is 0.644. The molecule has 0 aromatic heterocycles. The predicted molar refractivity (Wildman–Crippen MR) is 130 cm³/mol. The number of carbonyl (C=O) groups is 1. The molecule has 0 bridgehead atoms. The molecule has 1 aliphatic carbocycles. The number of nitrogens with one attached hydrogen (secondary N) is 1. The summed E-state index contributed by atoms with van der Waals surface area (Å²) >= 11 is 6.00. The summed E-state index contributed by atoms with van der Waals surface area (Å²) in [6.07, 6.45) is 5.19. The van der Waals surface area contributed by atoms with Gasteiger partial charge in [0.05, 0.1) is 0 Å². The van der Waals surface area contributed by atoms with Crippen LogP contribution in [0.15, 0.2) is 48.5 Å². The summed E-state index contributed by atoms with van der Waals surface area (Å²) in [5, 5.41) is 3.91. The second-order valence-corrected chi connectivity index (χ2v) is 9.42. The first kappa shape index (κ1) is 21.2. The summed E-state index contributed by atoms with van der Waals surface area (Å²) in [6, 6.07) is 17.1. The smallest absolute Gasteiger partial charge is 0.227 e. The van der Waals surface area contributed by atoms with Crippen molar-refractivity contribution in [2.24, 2.45) is 5.92 Å². The largest absolute Gasteiger partial charge is 0.370 e. The maximum Gasteiger partial charge on any atom is 0.227 e. The molecule has 1 saturated heterocycles. The normalized spacial score (nSPS) is 24.3. The monoisotopic (exact) mass is 429 g/mol. The number of nitrogens with zero attached hydrogens (tertiary/aromatic N) is 2. The van der Waals surface area contributed by atoms with E-state index in [0.29, 0.717) is 12.0 Å². The lowest BCUT2D eigenvalue weighted by molar-refractivity contribution is -0.120. The van der Waals surface area contributed by atoms with Gasteiger partial charge in [-0.1, -0.05) is 23.7 Å². The molecule has 2 aromatic carbocycles. The molecule has 2 aliphatic rings. The lowest BCUT2D eigenvalue weighted by atomic mass is 9.78. The molecule has 1 saturated carbocycles. The molecule has 1 aliphatic heterocycles. The Labute approximate surface area is 188 Å². The minimum absolute atomic E-state index is 0. The number of hydrogen-bond acceptors (Lipinski definition) is 3. The average molecular weight is 430 g/mol. The predicted octanol–water partition coefficient (Wildman–Crippen LogP) is 5.88. The fourth-order valence-corrected chi connectivity index (χ4v) is 4.95. The zero-order valence-corrected chi connectivity index (χ0v) is 18.7. The van der Waals surface area contributed by atoms with Crippen LogP contribution >= 0.6 is 11.6 Å². The number of carbonyl (C=O) groups excluding carboxylic acids is 1. The van der Waals surface area contributed by atoms with Crippen LogP contribution < -0.4 is 10.2 Å². The highest BCUT2D eigenvalue weighted by atomic mass is 35.5. The Morgan fingerprint density at radius 3 is 2.27 bits per heavy atom. The topological polar surface area (TPSA) is 35.6 Å². The average Bonchev–Trinajstić information content (AvgIpc) is 3.26. The SMILES string of the molecule is CN(C)C1CCN(c2ccc(NC(=O)C3CCC(c4ccc(Cl)cc4)CC3)cc2)C1.[HH].[HH]. The number of halogens is 1. The summed E-state index contributed by atoms with van der Waals surface area (Å²) in [4.78, 5) is 17.5. The zero-order valence-electron chi connectivity index (χ0n) is 18.0. The molecule has 1 atom stereocenters. The fraction of sp³-hybridized carbons (Fsp3) is 0.480. The van der Waals surface area contributed by atoms with Gasteiger partial charge in [0.25, 0.3) is 0 Å².